The minimum Gasteiger partial charge on any atom is -0.456 e. The van der Waals surface area contributed by atoms with E-state index in [1.165, 1.54) is 0 Å². The van der Waals surface area contributed by atoms with Gasteiger partial charge in [0.15, 0.2) is 0 Å². The molecule has 0 spiro atoms. The molecule has 0 N–H and O–H groups in total. The van der Waals surface area contributed by atoms with Crippen molar-refractivity contribution in [3.8, 4) is 33.4 Å². The summed E-state index contributed by atoms with van der Waals surface area (Å²) >= 11 is 0. The molecule has 1 heteroatoms. The second-order valence-electron chi connectivity index (χ2n) is 10.7. The van der Waals surface area contributed by atoms with Crippen LogP contribution in [0, 0.1) is 0 Å². The fraction of sp³-hybridized carbons (Fsp3) is 0. The molecular formula is C42H26O. The van der Waals surface area contributed by atoms with Gasteiger partial charge in [-0.3, -0.25) is 0 Å². The molecule has 200 valence electrons. The number of rotatable bonds is 3. The summed E-state index contributed by atoms with van der Waals surface area (Å²) in [7, 11) is 0. The van der Waals surface area contributed by atoms with Gasteiger partial charge in [-0.05, 0) is 96.0 Å². The Morgan fingerprint density at radius 2 is 0.930 bits per heavy atom. The maximum absolute atomic E-state index is 9.28. The first-order valence-electron chi connectivity index (χ1n) is 18.1. The molecule has 9 aromatic rings. The molecule has 9 rings (SSSR count). The van der Waals surface area contributed by atoms with Crippen LogP contribution in [0.3, 0.4) is 0 Å². The lowest BCUT2D eigenvalue weighted by Crippen LogP contribution is -1.91. The topological polar surface area (TPSA) is 13.1 Å². The van der Waals surface area contributed by atoms with Crippen LogP contribution < -0.4 is 0 Å². The van der Waals surface area contributed by atoms with E-state index >= 15 is 0 Å². The first-order chi connectivity index (χ1) is 24.6. The van der Waals surface area contributed by atoms with Crippen LogP contribution in [0.15, 0.2) is 162 Å². The van der Waals surface area contributed by atoms with Gasteiger partial charge in [0.2, 0.25) is 0 Å². The van der Waals surface area contributed by atoms with Crippen molar-refractivity contribution in [3.05, 3.63) is 158 Å². The second kappa shape index (κ2) is 9.44. The van der Waals surface area contributed by atoms with Gasteiger partial charge in [0, 0.05) is 10.8 Å². The summed E-state index contributed by atoms with van der Waals surface area (Å²) < 4.78 is 78.3. The van der Waals surface area contributed by atoms with E-state index in [0.717, 1.165) is 32.7 Å². The molecule has 0 bridgehead atoms. The van der Waals surface area contributed by atoms with Gasteiger partial charge in [-0.15, -0.1) is 0 Å². The normalized spacial score (nSPS) is 14.3. The third-order valence-electron chi connectivity index (χ3n) is 8.28. The first-order valence-corrected chi connectivity index (χ1v) is 14.1. The van der Waals surface area contributed by atoms with Crippen molar-refractivity contribution in [2.45, 2.75) is 0 Å². The van der Waals surface area contributed by atoms with Gasteiger partial charge < -0.3 is 4.42 Å². The summed E-state index contributed by atoms with van der Waals surface area (Å²) in [5.41, 5.74) is 4.68. The van der Waals surface area contributed by atoms with Gasteiger partial charge in [-0.25, -0.2) is 0 Å². The summed E-state index contributed by atoms with van der Waals surface area (Å²) in [6.45, 7) is 0. The van der Waals surface area contributed by atoms with E-state index in [4.69, 9.17) is 9.90 Å². The quantitative estimate of drug-likeness (QED) is 0.198. The lowest BCUT2D eigenvalue weighted by atomic mass is 9.85. The van der Waals surface area contributed by atoms with E-state index in [1.54, 1.807) is 6.07 Å². The molecule has 0 aliphatic rings. The standard InChI is InChI=1S/C42H26O/c1-2-11-28-24-30(21-20-27(28)10-1)29-12-9-13-31(25-29)41-35-15-3-5-17-37(35)42(38-18-6-4-16-36(38)41)32-22-23-34-33-14-7-8-19-39(33)43-40(34)26-32/h1-26H/i3D,4D,5D,6D,15D,16D,17D,18D. The zero-order chi connectivity index (χ0) is 35.3. The molecule has 1 aromatic heterocycles. The van der Waals surface area contributed by atoms with Gasteiger partial charge in [0.05, 0.1) is 11.0 Å². The number of fused-ring (bicyclic) bond motifs is 6. The lowest BCUT2D eigenvalue weighted by molar-refractivity contribution is 0.669. The molecule has 43 heavy (non-hydrogen) atoms. The highest BCUT2D eigenvalue weighted by Crippen LogP contribution is 2.45. The second-order valence-corrected chi connectivity index (χ2v) is 10.7. The van der Waals surface area contributed by atoms with Gasteiger partial charge in [-0.2, -0.15) is 0 Å². The molecule has 1 heterocycles. The molecular weight excluding hydrogens is 520 g/mol. The smallest absolute Gasteiger partial charge is 0.136 e. The third kappa shape index (κ3) is 3.79. The van der Waals surface area contributed by atoms with Crippen molar-refractivity contribution >= 4 is 54.3 Å². The molecule has 0 aliphatic carbocycles. The predicted molar refractivity (Wildman–Crippen MR) is 183 cm³/mol. The summed E-state index contributed by atoms with van der Waals surface area (Å²) in [5.74, 6) is 0. The minimum atomic E-state index is -0.436. The highest BCUT2D eigenvalue weighted by atomic mass is 16.3. The summed E-state index contributed by atoms with van der Waals surface area (Å²) in [6, 6.07) is 32.0. The van der Waals surface area contributed by atoms with Crippen molar-refractivity contribution in [3.63, 3.8) is 0 Å². The Kier molecular flexibility index (Phi) is 3.80. The van der Waals surface area contributed by atoms with Crippen LogP contribution in [-0.2, 0) is 0 Å². The molecule has 0 aliphatic heterocycles. The Labute approximate surface area is 260 Å². The van der Waals surface area contributed by atoms with E-state index in [1.807, 2.05) is 97.1 Å². The van der Waals surface area contributed by atoms with Crippen LogP contribution in [0.5, 0.6) is 0 Å². The molecule has 0 fully saturated rings. The molecule has 1 nitrogen and oxygen atoms in total. The summed E-state index contributed by atoms with van der Waals surface area (Å²) in [6.07, 6.45) is 0. The van der Waals surface area contributed by atoms with Crippen LogP contribution in [0.25, 0.3) is 87.6 Å². The van der Waals surface area contributed by atoms with Gasteiger partial charge in [0.1, 0.15) is 11.2 Å². The van der Waals surface area contributed by atoms with E-state index in [0.29, 0.717) is 27.9 Å². The lowest BCUT2D eigenvalue weighted by Gasteiger charge is -2.18. The fourth-order valence-electron chi connectivity index (χ4n) is 6.31. The first kappa shape index (κ1) is 17.3. The van der Waals surface area contributed by atoms with Crippen molar-refractivity contribution in [2.75, 3.05) is 0 Å². The molecule has 0 saturated heterocycles. The summed E-state index contributed by atoms with van der Waals surface area (Å²) in [5, 5.41) is 4.61. The van der Waals surface area contributed by atoms with Crippen molar-refractivity contribution in [2.24, 2.45) is 0 Å². The van der Waals surface area contributed by atoms with E-state index in [-0.39, 0.29) is 51.3 Å². The Hall–Kier alpha value is -5.66. The molecule has 8 aromatic carbocycles. The third-order valence-corrected chi connectivity index (χ3v) is 8.28. The van der Waals surface area contributed by atoms with Crippen LogP contribution in [0.4, 0.5) is 0 Å². The monoisotopic (exact) mass is 554 g/mol. The molecule has 0 saturated carbocycles. The van der Waals surface area contributed by atoms with Crippen LogP contribution in [-0.4, -0.2) is 0 Å². The highest BCUT2D eigenvalue weighted by molar-refractivity contribution is 6.22. The minimum absolute atomic E-state index is 0.167. The number of hydrogen-bond donors (Lipinski definition) is 0. The van der Waals surface area contributed by atoms with Gasteiger partial charge >= 0.3 is 0 Å². The Balaban J connectivity index is 1.45. The average molecular weight is 555 g/mol. The van der Waals surface area contributed by atoms with Crippen molar-refractivity contribution in [1.29, 1.82) is 0 Å². The zero-order valence-electron chi connectivity index (χ0n) is 30.8. The predicted octanol–water partition coefficient (Wildman–Crippen LogP) is 12.0. The van der Waals surface area contributed by atoms with Crippen LogP contribution in [0.1, 0.15) is 11.0 Å². The van der Waals surface area contributed by atoms with Gasteiger partial charge in [0.25, 0.3) is 0 Å². The zero-order valence-corrected chi connectivity index (χ0v) is 22.8. The highest BCUT2D eigenvalue weighted by Gasteiger charge is 2.18. The maximum Gasteiger partial charge on any atom is 0.136 e. The Morgan fingerprint density at radius 1 is 0.372 bits per heavy atom. The Morgan fingerprint density at radius 3 is 1.67 bits per heavy atom. The SMILES string of the molecule is [2H]c1c([2H])c([2H])c2c(-c3ccc4c(c3)oc3ccccc34)c3c([2H])c([2H])c([2H])c([2H])c3c(-c3cccc(-c4ccc5ccccc5c4)c3)c2c1[2H]. The summed E-state index contributed by atoms with van der Waals surface area (Å²) in [4.78, 5) is 0. The largest absolute Gasteiger partial charge is 0.456 e. The average Bonchev–Trinajstić information content (AvgIpc) is 3.54. The van der Waals surface area contributed by atoms with Crippen molar-refractivity contribution in [1.82, 2.24) is 0 Å². The van der Waals surface area contributed by atoms with E-state index in [9.17, 15) is 5.48 Å². The van der Waals surface area contributed by atoms with E-state index in [2.05, 4.69) is 6.07 Å². The number of benzene rings is 8. The number of furan rings is 1. The van der Waals surface area contributed by atoms with Crippen LogP contribution >= 0.6 is 0 Å². The number of hydrogen-bond acceptors (Lipinski definition) is 1. The Bertz CT molecular complexity index is 2880. The number of para-hydroxylation sites is 1. The molecule has 0 unspecified atom stereocenters. The van der Waals surface area contributed by atoms with E-state index < -0.39 is 24.2 Å². The molecule has 0 atom stereocenters. The fourth-order valence-corrected chi connectivity index (χ4v) is 6.31. The molecule has 0 radical (unpaired) electrons. The maximum atomic E-state index is 9.28. The van der Waals surface area contributed by atoms with Gasteiger partial charge in [-0.1, -0.05) is 127 Å². The molecule has 0 amide bonds. The van der Waals surface area contributed by atoms with Crippen LogP contribution in [0.2, 0.25) is 0 Å². The van der Waals surface area contributed by atoms with Crippen molar-refractivity contribution < 1.29 is 15.4 Å².